The van der Waals surface area contributed by atoms with Crippen LogP contribution in [0.1, 0.15) is 16.1 Å². The highest BCUT2D eigenvalue weighted by atomic mass is 35.5. The van der Waals surface area contributed by atoms with Crippen molar-refractivity contribution in [2.75, 3.05) is 12.8 Å². The Balaban J connectivity index is 1.77. The normalized spacial score (nSPS) is 16.6. The molecule has 1 unspecified atom stereocenters. The van der Waals surface area contributed by atoms with Crippen LogP contribution in [-0.2, 0) is 13.0 Å². The fourth-order valence-electron chi connectivity index (χ4n) is 2.51. The molecule has 1 atom stereocenters. The van der Waals surface area contributed by atoms with E-state index in [1.54, 1.807) is 12.4 Å². The SMILES string of the molecule is COc1cc(N)c(Cl)cc1C(=O)NC1Cc2cncn2C1. The lowest BCUT2D eigenvalue weighted by Gasteiger charge is -2.15. The lowest BCUT2D eigenvalue weighted by Crippen LogP contribution is -2.36. The van der Waals surface area contributed by atoms with Gasteiger partial charge in [-0.25, -0.2) is 4.98 Å². The third-order valence-corrected chi connectivity index (χ3v) is 3.90. The van der Waals surface area contributed by atoms with Crippen LogP contribution in [0.4, 0.5) is 5.69 Å². The minimum Gasteiger partial charge on any atom is -0.496 e. The number of carbonyl (C=O) groups is 1. The molecule has 110 valence electrons. The molecule has 21 heavy (non-hydrogen) atoms. The number of hydrogen-bond donors (Lipinski definition) is 2. The molecule has 2 heterocycles. The maximum absolute atomic E-state index is 12.4. The minimum absolute atomic E-state index is 0.0385. The average molecular weight is 307 g/mol. The monoisotopic (exact) mass is 306 g/mol. The molecular weight excluding hydrogens is 292 g/mol. The van der Waals surface area contributed by atoms with Gasteiger partial charge in [0.15, 0.2) is 0 Å². The fourth-order valence-corrected chi connectivity index (χ4v) is 2.68. The van der Waals surface area contributed by atoms with Crippen LogP contribution in [0.25, 0.3) is 0 Å². The second-order valence-electron chi connectivity index (χ2n) is 4.99. The van der Waals surface area contributed by atoms with E-state index in [-0.39, 0.29) is 11.9 Å². The summed E-state index contributed by atoms with van der Waals surface area (Å²) in [7, 11) is 1.49. The molecule has 1 aromatic carbocycles. The molecule has 1 aliphatic rings. The third kappa shape index (κ3) is 2.54. The van der Waals surface area contributed by atoms with E-state index in [9.17, 15) is 4.79 Å². The molecule has 1 aromatic heterocycles. The van der Waals surface area contributed by atoms with Gasteiger partial charge < -0.3 is 20.4 Å². The van der Waals surface area contributed by atoms with Crippen LogP contribution in [0, 0.1) is 0 Å². The summed E-state index contributed by atoms with van der Waals surface area (Å²) >= 11 is 5.99. The first kappa shape index (κ1) is 13.8. The molecule has 0 saturated heterocycles. The molecule has 7 heteroatoms. The molecule has 0 fully saturated rings. The number of anilines is 1. The zero-order chi connectivity index (χ0) is 15.0. The van der Waals surface area contributed by atoms with Gasteiger partial charge in [-0.15, -0.1) is 0 Å². The van der Waals surface area contributed by atoms with Crippen LogP contribution in [0.2, 0.25) is 5.02 Å². The van der Waals surface area contributed by atoms with Crippen LogP contribution < -0.4 is 15.8 Å². The van der Waals surface area contributed by atoms with E-state index >= 15 is 0 Å². The number of ether oxygens (including phenoxy) is 1. The number of nitrogens with one attached hydrogen (secondary N) is 1. The standard InChI is InChI=1S/C14H15ClN4O2/c1-21-13-4-12(16)11(15)3-10(13)14(20)18-8-2-9-5-17-7-19(9)6-8/h3-5,7-8H,2,6,16H2,1H3,(H,18,20). The van der Waals surface area contributed by atoms with Crippen LogP contribution in [0.5, 0.6) is 5.75 Å². The number of carbonyl (C=O) groups excluding carboxylic acids is 1. The predicted octanol–water partition coefficient (Wildman–Crippen LogP) is 1.48. The summed E-state index contributed by atoms with van der Waals surface area (Å²) in [5.41, 5.74) is 7.60. The van der Waals surface area contributed by atoms with Crippen LogP contribution in [-0.4, -0.2) is 28.6 Å². The number of benzene rings is 1. The third-order valence-electron chi connectivity index (χ3n) is 3.57. The van der Waals surface area contributed by atoms with E-state index in [1.165, 1.54) is 13.2 Å². The fraction of sp³-hybridized carbons (Fsp3) is 0.286. The van der Waals surface area contributed by atoms with Crippen molar-refractivity contribution in [3.63, 3.8) is 0 Å². The molecule has 1 aliphatic heterocycles. The molecule has 2 aromatic rings. The van der Waals surface area contributed by atoms with Crippen LogP contribution in [0.3, 0.4) is 0 Å². The second-order valence-corrected chi connectivity index (χ2v) is 5.39. The maximum Gasteiger partial charge on any atom is 0.255 e. The van der Waals surface area contributed by atoms with E-state index in [1.807, 2.05) is 10.8 Å². The van der Waals surface area contributed by atoms with Crippen molar-refractivity contribution in [2.45, 2.75) is 19.0 Å². The average Bonchev–Trinajstić information content (AvgIpc) is 3.02. The summed E-state index contributed by atoms with van der Waals surface area (Å²) < 4.78 is 7.22. The number of amides is 1. The number of rotatable bonds is 3. The summed E-state index contributed by atoms with van der Waals surface area (Å²) in [5, 5.41) is 3.32. The van der Waals surface area contributed by atoms with E-state index in [0.717, 1.165) is 12.1 Å². The van der Waals surface area contributed by atoms with E-state index in [2.05, 4.69) is 10.3 Å². The van der Waals surface area contributed by atoms with Gasteiger partial charge in [0, 0.05) is 30.9 Å². The Morgan fingerprint density at radius 2 is 2.38 bits per heavy atom. The van der Waals surface area contributed by atoms with Gasteiger partial charge in [-0.3, -0.25) is 4.79 Å². The molecular formula is C14H15ClN4O2. The number of nitrogens with zero attached hydrogens (tertiary/aromatic N) is 2. The lowest BCUT2D eigenvalue weighted by atomic mass is 10.1. The van der Waals surface area contributed by atoms with Crippen molar-refractivity contribution >= 4 is 23.2 Å². The minimum atomic E-state index is -0.225. The number of methoxy groups -OCH3 is 1. The molecule has 6 nitrogen and oxygen atoms in total. The highest BCUT2D eigenvalue weighted by molar-refractivity contribution is 6.33. The molecule has 3 rings (SSSR count). The lowest BCUT2D eigenvalue weighted by molar-refractivity contribution is 0.0933. The summed E-state index contributed by atoms with van der Waals surface area (Å²) in [6.07, 6.45) is 4.34. The summed E-state index contributed by atoms with van der Waals surface area (Å²) in [6, 6.07) is 3.12. The van der Waals surface area contributed by atoms with Gasteiger partial charge >= 0.3 is 0 Å². The second kappa shape index (κ2) is 5.29. The molecule has 0 radical (unpaired) electrons. The first-order valence-electron chi connectivity index (χ1n) is 6.51. The summed E-state index contributed by atoms with van der Waals surface area (Å²) in [5.74, 6) is 0.186. The molecule has 1 amide bonds. The Hall–Kier alpha value is -2.21. The number of nitrogen functional groups attached to an aromatic ring is 1. The van der Waals surface area contributed by atoms with E-state index in [0.29, 0.717) is 28.6 Å². The van der Waals surface area contributed by atoms with Gasteiger partial charge in [0.05, 0.1) is 35.8 Å². The van der Waals surface area contributed by atoms with Crippen molar-refractivity contribution in [3.05, 3.63) is 40.9 Å². The smallest absolute Gasteiger partial charge is 0.255 e. The number of imidazole rings is 1. The van der Waals surface area contributed by atoms with Crippen molar-refractivity contribution < 1.29 is 9.53 Å². The Kier molecular flexibility index (Phi) is 3.47. The highest BCUT2D eigenvalue weighted by Gasteiger charge is 2.24. The van der Waals surface area contributed by atoms with Gasteiger partial charge in [-0.1, -0.05) is 11.6 Å². The highest BCUT2D eigenvalue weighted by Crippen LogP contribution is 2.29. The van der Waals surface area contributed by atoms with Crippen molar-refractivity contribution in [3.8, 4) is 5.75 Å². The number of nitrogens with two attached hydrogens (primary N) is 1. The van der Waals surface area contributed by atoms with Crippen molar-refractivity contribution in [1.29, 1.82) is 0 Å². The van der Waals surface area contributed by atoms with Gasteiger partial charge in [-0.2, -0.15) is 0 Å². The van der Waals surface area contributed by atoms with Crippen molar-refractivity contribution in [1.82, 2.24) is 14.9 Å². The van der Waals surface area contributed by atoms with Crippen molar-refractivity contribution in [2.24, 2.45) is 0 Å². The molecule has 0 spiro atoms. The van der Waals surface area contributed by atoms with Gasteiger partial charge in [0.1, 0.15) is 5.75 Å². The Morgan fingerprint density at radius 1 is 1.57 bits per heavy atom. The Labute approximate surface area is 126 Å². The summed E-state index contributed by atoms with van der Waals surface area (Å²) in [6.45, 7) is 0.714. The van der Waals surface area contributed by atoms with Gasteiger partial charge in [-0.05, 0) is 6.07 Å². The predicted molar refractivity (Wildman–Crippen MR) is 79.6 cm³/mol. The van der Waals surface area contributed by atoms with Gasteiger partial charge in [0.25, 0.3) is 5.91 Å². The number of halogens is 1. The molecule has 0 saturated carbocycles. The number of fused-ring (bicyclic) bond motifs is 1. The molecule has 3 N–H and O–H groups in total. The quantitative estimate of drug-likeness (QED) is 0.842. The zero-order valence-electron chi connectivity index (χ0n) is 11.5. The summed E-state index contributed by atoms with van der Waals surface area (Å²) in [4.78, 5) is 16.5. The molecule has 0 bridgehead atoms. The van der Waals surface area contributed by atoms with Gasteiger partial charge in [0.2, 0.25) is 0 Å². The molecule has 0 aliphatic carbocycles. The van der Waals surface area contributed by atoms with Crippen LogP contribution >= 0.6 is 11.6 Å². The van der Waals surface area contributed by atoms with E-state index < -0.39 is 0 Å². The number of hydrogen-bond acceptors (Lipinski definition) is 4. The zero-order valence-corrected chi connectivity index (χ0v) is 12.2. The number of aromatic nitrogens is 2. The maximum atomic E-state index is 12.4. The Morgan fingerprint density at radius 3 is 3.10 bits per heavy atom. The van der Waals surface area contributed by atoms with E-state index in [4.69, 9.17) is 22.1 Å². The first-order valence-corrected chi connectivity index (χ1v) is 6.89. The first-order chi connectivity index (χ1) is 10.1. The topological polar surface area (TPSA) is 82.2 Å². The largest absolute Gasteiger partial charge is 0.496 e. The van der Waals surface area contributed by atoms with Crippen LogP contribution in [0.15, 0.2) is 24.7 Å². The Bertz CT molecular complexity index is 678.